The second kappa shape index (κ2) is 5.53. The van der Waals surface area contributed by atoms with Gasteiger partial charge in [-0.25, -0.2) is 0 Å². The predicted molar refractivity (Wildman–Crippen MR) is 69.8 cm³/mol. The maximum absolute atomic E-state index is 10.6. The minimum absolute atomic E-state index is 0.0728. The van der Waals surface area contributed by atoms with Crippen LogP contribution in [0.1, 0.15) is 17.1 Å². The van der Waals surface area contributed by atoms with Gasteiger partial charge in [0, 0.05) is 17.8 Å². The molecule has 0 aliphatic rings. The van der Waals surface area contributed by atoms with Crippen LogP contribution in [0.4, 0.5) is 11.4 Å². The van der Waals surface area contributed by atoms with Gasteiger partial charge in [-0.1, -0.05) is 0 Å². The van der Waals surface area contributed by atoms with Crippen molar-refractivity contribution in [2.24, 2.45) is 0 Å². The van der Waals surface area contributed by atoms with E-state index in [4.69, 9.17) is 9.52 Å². The van der Waals surface area contributed by atoms with Gasteiger partial charge in [0.1, 0.15) is 18.1 Å². The molecule has 1 aromatic heterocycles. The predicted octanol–water partition coefficient (Wildman–Crippen LogP) is 2.60. The van der Waals surface area contributed by atoms with Gasteiger partial charge in [0.25, 0.3) is 5.69 Å². The summed E-state index contributed by atoms with van der Waals surface area (Å²) < 4.78 is 5.34. The van der Waals surface area contributed by atoms with Crippen molar-refractivity contribution >= 4 is 11.4 Å². The van der Waals surface area contributed by atoms with E-state index in [0.29, 0.717) is 18.1 Å². The van der Waals surface area contributed by atoms with E-state index in [1.807, 2.05) is 0 Å². The van der Waals surface area contributed by atoms with Crippen molar-refractivity contribution in [2.75, 3.05) is 5.32 Å². The third kappa shape index (κ3) is 3.11. The third-order valence-electron chi connectivity index (χ3n) is 2.75. The molecule has 0 spiro atoms. The zero-order valence-corrected chi connectivity index (χ0v) is 10.4. The van der Waals surface area contributed by atoms with Crippen LogP contribution in [0.15, 0.2) is 34.7 Å². The summed E-state index contributed by atoms with van der Waals surface area (Å²) in [5, 5.41) is 22.6. The summed E-state index contributed by atoms with van der Waals surface area (Å²) in [6.07, 6.45) is 0. The first-order valence-electron chi connectivity index (χ1n) is 5.77. The average molecular weight is 262 g/mol. The van der Waals surface area contributed by atoms with Crippen molar-refractivity contribution < 1.29 is 14.4 Å². The Bertz CT molecular complexity index is 592. The number of aryl methyl sites for hydroxylation is 1. The van der Waals surface area contributed by atoms with Crippen molar-refractivity contribution in [3.63, 3.8) is 0 Å². The van der Waals surface area contributed by atoms with Crippen LogP contribution in [0.3, 0.4) is 0 Å². The van der Waals surface area contributed by atoms with E-state index in [2.05, 4.69) is 5.32 Å². The molecular weight excluding hydrogens is 248 g/mol. The fourth-order valence-corrected chi connectivity index (χ4v) is 1.74. The topological polar surface area (TPSA) is 88.5 Å². The zero-order valence-electron chi connectivity index (χ0n) is 10.4. The molecule has 0 radical (unpaired) electrons. The molecule has 0 saturated carbocycles. The maximum Gasteiger partial charge on any atom is 0.269 e. The normalized spacial score (nSPS) is 10.4. The van der Waals surface area contributed by atoms with Crippen molar-refractivity contribution in [3.05, 3.63) is 57.5 Å². The summed E-state index contributed by atoms with van der Waals surface area (Å²) in [6.45, 7) is 2.13. The molecule has 6 heteroatoms. The van der Waals surface area contributed by atoms with Crippen molar-refractivity contribution in [1.82, 2.24) is 0 Å². The van der Waals surface area contributed by atoms with Gasteiger partial charge in [-0.3, -0.25) is 10.1 Å². The summed E-state index contributed by atoms with van der Waals surface area (Å²) in [6, 6.07) is 8.13. The van der Waals surface area contributed by atoms with Crippen LogP contribution in [0.25, 0.3) is 0 Å². The van der Waals surface area contributed by atoms with Crippen LogP contribution < -0.4 is 5.32 Å². The fourth-order valence-electron chi connectivity index (χ4n) is 1.74. The van der Waals surface area contributed by atoms with E-state index in [1.165, 1.54) is 12.1 Å². The molecule has 6 nitrogen and oxygen atoms in total. The van der Waals surface area contributed by atoms with Crippen LogP contribution in [-0.4, -0.2) is 10.0 Å². The highest BCUT2D eigenvalue weighted by Gasteiger charge is 2.08. The van der Waals surface area contributed by atoms with Gasteiger partial charge in [-0.2, -0.15) is 0 Å². The third-order valence-corrected chi connectivity index (χ3v) is 2.75. The summed E-state index contributed by atoms with van der Waals surface area (Å²) >= 11 is 0. The molecule has 0 fully saturated rings. The number of furan rings is 1. The van der Waals surface area contributed by atoms with Gasteiger partial charge >= 0.3 is 0 Å². The zero-order chi connectivity index (χ0) is 13.8. The number of non-ortho nitro benzene ring substituents is 1. The summed E-state index contributed by atoms with van der Waals surface area (Å²) in [5.74, 6) is 1.21. The van der Waals surface area contributed by atoms with Crippen molar-refractivity contribution in [2.45, 2.75) is 20.1 Å². The molecule has 2 aromatic rings. The molecule has 1 aromatic carbocycles. The molecular formula is C13H14N2O4. The molecule has 0 amide bonds. The lowest BCUT2D eigenvalue weighted by molar-refractivity contribution is -0.384. The number of nitrogens with zero attached hydrogens (tertiary/aromatic N) is 1. The second-order valence-corrected chi connectivity index (χ2v) is 4.14. The Morgan fingerprint density at radius 1 is 1.32 bits per heavy atom. The number of benzene rings is 1. The molecule has 0 aliphatic carbocycles. The smallest absolute Gasteiger partial charge is 0.269 e. The Balaban J connectivity index is 2.05. The average Bonchev–Trinajstić information content (AvgIpc) is 2.85. The summed E-state index contributed by atoms with van der Waals surface area (Å²) in [5.41, 5.74) is 1.68. The SMILES string of the molecule is Cc1cc([N+](=O)[O-])ccc1NCc1ccc(CO)o1. The lowest BCUT2D eigenvalue weighted by atomic mass is 10.2. The first-order chi connectivity index (χ1) is 9.10. The number of anilines is 1. The van der Waals surface area contributed by atoms with Gasteiger partial charge in [0.05, 0.1) is 11.5 Å². The molecule has 100 valence electrons. The van der Waals surface area contributed by atoms with Gasteiger partial charge in [0.2, 0.25) is 0 Å². The molecule has 2 N–H and O–H groups in total. The molecule has 19 heavy (non-hydrogen) atoms. The number of hydrogen-bond acceptors (Lipinski definition) is 5. The lowest BCUT2D eigenvalue weighted by Gasteiger charge is -2.07. The van der Waals surface area contributed by atoms with E-state index in [1.54, 1.807) is 25.1 Å². The molecule has 2 rings (SSSR count). The number of nitro groups is 1. The Hall–Kier alpha value is -2.34. The Morgan fingerprint density at radius 3 is 2.63 bits per heavy atom. The lowest BCUT2D eigenvalue weighted by Crippen LogP contribution is -2.00. The largest absolute Gasteiger partial charge is 0.462 e. The van der Waals surface area contributed by atoms with Crippen molar-refractivity contribution in [1.29, 1.82) is 0 Å². The van der Waals surface area contributed by atoms with Crippen LogP contribution in [-0.2, 0) is 13.2 Å². The van der Waals surface area contributed by atoms with Crippen LogP contribution in [0, 0.1) is 17.0 Å². The van der Waals surface area contributed by atoms with E-state index >= 15 is 0 Å². The quantitative estimate of drug-likeness (QED) is 0.638. The monoisotopic (exact) mass is 262 g/mol. The van der Waals surface area contributed by atoms with Crippen molar-refractivity contribution in [3.8, 4) is 0 Å². The number of rotatable bonds is 5. The highest BCUT2D eigenvalue weighted by atomic mass is 16.6. The second-order valence-electron chi connectivity index (χ2n) is 4.14. The molecule has 1 heterocycles. The maximum atomic E-state index is 10.6. The molecule has 0 saturated heterocycles. The minimum atomic E-state index is -0.420. The molecule has 0 aliphatic heterocycles. The Labute approximate surface area is 109 Å². The standard InChI is InChI=1S/C13H14N2O4/c1-9-6-10(15(17)18)2-5-13(9)14-7-11-3-4-12(8-16)19-11/h2-6,14,16H,7-8H2,1H3. The highest BCUT2D eigenvalue weighted by molar-refractivity contribution is 5.55. The number of aliphatic hydroxyl groups is 1. The van der Waals surface area contributed by atoms with Gasteiger partial charge < -0.3 is 14.8 Å². The summed E-state index contributed by atoms with van der Waals surface area (Å²) in [4.78, 5) is 10.2. The van der Waals surface area contributed by atoms with Crippen LogP contribution >= 0.6 is 0 Å². The molecule has 0 bridgehead atoms. The number of nitro benzene ring substituents is 1. The van der Waals surface area contributed by atoms with E-state index in [-0.39, 0.29) is 12.3 Å². The first-order valence-corrected chi connectivity index (χ1v) is 5.77. The highest BCUT2D eigenvalue weighted by Crippen LogP contribution is 2.22. The number of aliphatic hydroxyl groups excluding tert-OH is 1. The van der Waals surface area contributed by atoms with Crippen LogP contribution in [0.2, 0.25) is 0 Å². The van der Waals surface area contributed by atoms with Gasteiger partial charge in [-0.05, 0) is 30.7 Å². The number of hydrogen-bond donors (Lipinski definition) is 2. The minimum Gasteiger partial charge on any atom is -0.462 e. The first kappa shape index (κ1) is 13.1. The Kier molecular flexibility index (Phi) is 3.82. The Morgan fingerprint density at radius 2 is 2.05 bits per heavy atom. The molecule has 0 atom stereocenters. The summed E-state index contributed by atoms with van der Waals surface area (Å²) in [7, 11) is 0. The van der Waals surface area contributed by atoms with E-state index in [0.717, 1.165) is 11.3 Å². The molecule has 0 unspecified atom stereocenters. The van der Waals surface area contributed by atoms with Crippen LogP contribution in [0.5, 0.6) is 0 Å². The van der Waals surface area contributed by atoms with E-state index in [9.17, 15) is 10.1 Å². The van der Waals surface area contributed by atoms with Gasteiger partial charge in [-0.15, -0.1) is 0 Å². The van der Waals surface area contributed by atoms with Gasteiger partial charge in [0.15, 0.2) is 0 Å². The fraction of sp³-hybridized carbons (Fsp3) is 0.231. The van der Waals surface area contributed by atoms with E-state index < -0.39 is 4.92 Å². The number of nitrogens with one attached hydrogen (secondary N) is 1.